The van der Waals surface area contributed by atoms with Gasteiger partial charge in [0.25, 0.3) is 0 Å². The Hall–Kier alpha value is -2.41. The highest BCUT2D eigenvalue weighted by Crippen LogP contribution is 2.22. The number of nitrogens with one attached hydrogen (secondary N) is 1. The summed E-state index contributed by atoms with van der Waals surface area (Å²) in [6.45, 7) is 4.86. The number of ether oxygens (including phenoxy) is 1. The number of aliphatic hydroxyl groups is 1. The van der Waals surface area contributed by atoms with E-state index in [1.807, 2.05) is 38.1 Å². The number of rotatable bonds is 8. The first kappa shape index (κ1) is 19.4. The summed E-state index contributed by atoms with van der Waals surface area (Å²) >= 11 is 5.77. The third-order valence-electron chi connectivity index (χ3n) is 4.08. The molecular formula is C20H22ClN3O3. The zero-order chi connectivity index (χ0) is 19.3. The Balaban J connectivity index is 1.49. The first-order valence-electron chi connectivity index (χ1n) is 8.59. The Kier molecular flexibility index (Phi) is 6.11. The zero-order valence-electron chi connectivity index (χ0n) is 15.2. The topological polar surface area (TPSA) is 80.4 Å². The molecule has 3 aromatic rings. The number of nitrogens with zero attached hydrogens (tertiary/aromatic N) is 2. The van der Waals surface area contributed by atoms with E-state index in [0.717, 1.165) is 11.3 Å². The molecule has 0 aliphatic rings. The number of benzene rings is 1. The van der Waals surface area contributed by atoms with Crippen LogP contribution in [0.25, 0.3) is 11.3 Å². The molecule has 2 heterocycles. The van der Waals surface area contributed by atoms with Gasteiger partial charge in [0.05, 0.1) is 12.3 Å². The molecule has 27 heavy (non-hydrogen) atoms. The van der Waals surface area contributed by atoms with Crippen LogP contribution in [0.4, 0.5) is 0 Å². The van der Waals surface area contributed by atoms with E-state index in [4.69, 9.17) is 20.8 Å². The maximum Gasteiger partial charge on any atom is 0.181 e. The predicted molar refractivity (Wildman–Crippen MR) is 104 cm³/mol. The first-order chi connectivity index (χ1) is 12.9. The molecule has 1 aromatic carbocycles. The van der Waals surface area contributed by atoms with Crippen molar-refractivity contribution in [2.75, 3.05) is 13.2 Å². The van der Waals surface area contributed by atoms with E-state index in [0.29, 0.717) is 29.6 Å². The Bertz CT molecular complexity index is 834. The van der Waals surface area contributed by atoms with Crippen molar-refractivity contribution in [2.24, 2.45) is 0 Å². The fourth-order valence-corrected chi connectivity index (χ4v) is 2.58. The second-order valence-corrected chi connectivity index (χ2v) is 7.26. The quantitative estimate of drug-likeness (QED) is 0.571. The number of pyridine rings is 1. The van der Waals surface area contributed by atoms with Crippen molar-refractivity contribution in [1.82, 2.24) is 15.3 Å². The highest BCUT2D eigenvalue weighted by molar-refractivity contribution is 6.29. The Morgan fingerprint density at radius 3 is 2.59 bits per heavy atom. The maximum absolute atomic E-state index is 10.3. The van der Waals surface area contributed by atoms with Crippen molar-refractivity contribution < 1.29 is 14.3 Å². The monoisotopic (exact) mass is 387 g/mol. The van der Waals surface area contributed by atoms with Crippen LogP contribution in [-0.4, -0.2) is 33.8 Å². The standard InChI is InChI=1S/C20H22ClN3O3/c1-20(2,24-10-17(25)15-5-8-19(21)23-9-15)12-26-16-6-3-14(4-7-16)18-11-22-13-27-18/h3-9,11,13,17,24-25H,10,12H2,1-2H3. The van der Waals surface area contributed by atoms with Gasteiger partial charge in [-0.05, 0) is 44.2 Å². The summed E-state index contributed by atoms with van der Waals surface area (Å²) in [5, 5.41) is 14.0. The van der Waals surface area contributed by atoms with E-state index < -0.39 is 6.10 Å². The fourth-order valence-electron chi connectivity index (χ4n) is 2.46. The van der Waals surface area contributed by atoms with Crippen molar-refractivity contribution >= 4 is 11.6 Å². The van der Waals surface area contributed by atoms with Crippen molar-refractivity contribution in [3.63, 3.8) is 0 Å². The highest BCUT2D eigenvalue weighted by atomic mass is 35.5. The molecule has 0 aliphatic heterocycles. The number of β-amino-alcohol motifs (C(OH)–C–C–N with tert-alkyl or cyclic N) is 1. The van der Waals surface area contributed by atoms with Crippen LogP contribution in [-0.2, 0) is 0 Å². The summed E-state index contributed by atoms with van der Waals surface area (Å²) in [7, 11) is 0. The minimum atomic E-state index is -0.671. The minimum Gasteiger partial charge on any atom is -0.492 e. The molecule has 7 heteroatoms. The molecule has 0 spiro atoms. The predicted octanol–water partition coefficient (Wildman–Crippen LogP) is 3.87. The highest BCUT2D eigenvalue weighted by Gasteiger charge is 2.20. The van der Waals surface area contributed by atoms with Gasteiger partial charge in [-0.1, -0.05) is 17.7 Å². The summed E-state index contributed by atoms with van der Waals surface area (Å²) in [6.07, 6.45) is 3.98. The molecule has 142 valence electrons. The summed E-state index contributed by atoms with van der Waals surface area (Å²) < 4.78 is 11.2. The van der Waals surface area contributed by atoms with Gasteiger partial charge in [-0.15, -0.1) is 0 Å². The molecule has 0 radical (unpaired) electrons. The van der Waals surface area contributed by atoms with Crippen molar-refractivity contribution in [2.45, 2.75) is 25.5 Å². The van der Waals surface area contributed by atoms with E-state index in [9.17, 15) is 5.11 Å². The number of aromatic nitrogens is 2. The van der Waals surface area contributed by atoms with Crippen molar-refractivity contribution in [3.05, 3.63) is 65.9 Å². The van der Waals surface area contributed by atoms with Gasteiger partial charge >= 0.3 is 0 Å². The van der Waals surface area contributed by atoms with E-state index in [2.05, 4.69) is 15.3 Å². The number of oxazole rings is 1. The summed E-state index contributed by atoms with van der Waals surface area (Å²) in [5.74, 6) is 1.48. The molecule has 0 saturated carbocycles. The summed E-state index contributed by atoms with van der Waals surface area (Å²) in [4.78, 5) is 7.90. The van der Waals surface area contributed by atoms with Gasteiger partial charge in [0, 0.05) is 29.4 Å². The molecule has 2 N–H and O–H groups in total. The van der Waals surface area contributed by atoms with Crippen LogP contribution in [0, 0.1) is 0 Å². The zero-order valence-corrected chi connectivity index (χ0v) is 16.0. The Morgan fingerprint density at radius 2 is 1.96 bits per heavy atom. The third-order valence-corrected chi connectivity index (χ3v) is 4.30. The van der Waals surface area contributed by atoms with E-state index >= 15 is 0 Å². The Morgan fingerprint density at radius 1 is 1.19 bits per heavy atom. The molecule has 0 amide bonds. The number of hydrogen-bond donors (Lipinski definition) is 2. The second-order valence-electron chi connectivity index (χ2n) is 6.87. The second kappa shape index (κ2) is 8.52. The van der Waals surface area contributed by atoms with Crippen LogP contribution in [0.3, 0.4) is 0 Å². The molecule has 0 aliphatic carbocycles. The first-order valence-corrected chi connectivity index (χ1v) is 8.97. The van der Waals surface area contributed by atoms with Crippen molar-refractivity contribution in [3.8, 4) is 17.1 Å². The van der Waals surface area contributed by atoms with Gasteiger partial charge < -0.3 is 19.6 Å². The van der Waals surface area contributed by atoms with Crippen LogP contribution < -0.4 is 10.1 Å². The van der Waals surface area contributed by atoms with Crippen molar-refractivity contribution in [1.29, 1.82) is 0 Å². The molecule has 3 rings (SSSR count). The molecule has 6 nitrogen and oxygen atoms in total. The van der Waals surface area contributed by atoms with Crippen LogP contribution in [0.1, 0.15) is 25.5 Å². The lowest BCUT2D eigenvalue weighted by molar-refractivity contribution is 0.142. The van der Waals surface area contributed by atoms with E-state index in [1.165, 1.54) is 6.39 Å². The smallest absolute Gasteiger partial charge is 0.181 e. The fraction of sp³-hybridized carbons (Fsp3) is 0.300. The van der Waals surface area contributed by atoms with E-state index in [-0.39, 0.29) is 5.54 Å². The van der Waals surface area contributed by atoms with Crippen LogP contribution in [0.15, 0.2) is 59.6 Å². The normalized spacial score (nSPS) is 12.7. The number of hydrogen-bond acceptors (Lipinski definition) is 6. The van der Waals surface area contributed by atoms with Crippen LogP contribution in [0.5, 0.6) is 5.75 Å². The molecule has 1 unspecified atom stereocenters. The molecule has 0 bridgehead atoms. The van der Waals surface area contributed by atoms with Gasteiger partial charge in [0.2, 0.25) is 0 Å². The Labute approximate surface area is 163 Å². The SMILES string of the molecule is CC(C)(COc1ccc(-c2cnco2)cc1)NCC(O)c1ccc(Cl)nc1. The number of aliphatic hydroxyl groups excluding tert-OH is 1. The van der Waals surface area contributed by atoms with E-state index in [1.54, 1.807) is 24.5 Å². The molecular weight excluding hydrogens is 366 g/mol. The average molecular weight is 388 g/mol. The minimum absolute atomic E-state index is 0.329. The average Bonchev–Trinajstić information content (AvgIpc) is 3.20. The van der Waals surface area contributed by atoms with Crippen LogP contribution in [0.2, 0.25) is 5.15 Å². The molecule has 0 fully saturated rings. The van der Waals surface area contributed by atoms with Gasteiger partial charge in [-0.3, -0.25) is 0 Å². The largest absolute Gasteiger partial charge is 0.492 e. The lowest BCUT2D eigenvalue weighted by Crippen LogP contribution is -2.46. The lowest BCUT2D eigenvalue weighted by atomic mass is 10.1. The third kappa shape index (κ3) is 5.53. The maximum atomic E-state index is 10.3. The summed E-state index contributed by atoms with van der Waals surface area (Å²) in [6, 6.07) is 11.1. The number of halogens is 1. The van der Waals surface area contributed by atoms with Gasteiger partial charge in [-0.25, -0.2) is 9.97 Å². The van der Waals surface area contributed by atoms with Gasteiger partial charge in [-0.2, -0.15) is 0 Å². The molecule has 2 aromatic heterocycles. The molecule has 0 saturated heterocycles. The lowest BCUT2D eigenvalue weighted by Gasteiger charge is -2.28. The molecule has 1 atom stereocenters. The van der Waals surface area contributed by atoms with Crippen LogP contribution >= 0.6 is 11.6 Å². The van der Waals surface area contributed by atoms with Gasteiger partial charge in [0.15, 0.2) is 12.2 Å². The van der Waals surface area contributed by atoms with Gasteiger partial charge in [0.1, 0.15) is 17.5 Å². The summed E-state index contributed by atoms with van der Waals surface area (Å²) in [5.41, 5.74) is 1.33.